The topological polar surface area (TPSA) is 65.7 Å². The molecule has 0 aromatic heterocycles. The molecule has 0 N–H and O–H groups in total. The highest BCUT2D eigenvalue weighted by molar-refractivity contribution is 8.18. The minimum Gasteiger partial charge on any atom is -0.479 e. The van der Waals surface area contributed by atoms with Crippen LogP contribution in [-0.2, 0) is 4.79 Å². The highest BCUT2D eigenvalue weighted by atomic mass is 32.2. The van der Waals surface area contributed by atoms with E-state index in [9.17, 15) is 4.79 Å². The van der Waals surface area contributed by atoms with Crippen molar-refractivity contribution in [3.05, 3.63) is 64.6 Å². The fourth-order valence-electron chi connectivity index (χ4n) is 2.37. The summed E-state index contributed by atoms with van der Waals surface area (Å²) in [6.45, 7) is 2.01. The Kier molecular flexibility index (Phi) is 5.40. The van der Waals surface area contributed by atoms with E-state index < -0.39 is 0 Å². The Morgan fingerprint density at radius 3 is 2.65 bits per heavy atom. The van der Waals surface area contributed by atoms with E-state index in [1.807, 2.05) is 55.5 Å². The summed E-state index contributed by atoms with van der Waals surface area (Å²) in [7, 11) is 1.73. The number of nitrogens with zero attached hydrogens (tertiary/aromatic N) is 3. The van der Waals surface area contributed by atoms with Crippen molar-refractivity contribution in [3.63, 3.8) is 0 Å². The molecule has 1 saturated heterocycles. The van der Waals surface area contributed by atoms with Crippen LogP contribution in [-0.4, -0.2) is 29.6 Å². The highest BCUT2D eigenvalue weighted by Crippen LogP contribution is 2.33. The molecule has 0 spiro atoms. The number of thioether (sulfide) groups is 1. The standard InChI is InChI=1S/C20H17N3O2S/c1-14-5-3-4-6-17(14)22-20-23(2)19(24)18(26-20)13-15-7-9-16(10-8-15)25-12-11-21/h3-10,13H,12H2,1-2H3/b18-13+,22-20?. The van der Waals surface area contributed by atoms with Gasteiger partial charge >= 0.3 is 0 Å². The van der Waals surface area contributed by atoms with E-state index in [-0.39, 0.29) is 12.5 Å². The van der Waals surface area contributed by atoms with Crippen molar-refractivity contribution in [2.75, 3.05) is 13.7 Å². The van der Waals surface area contributed by atoms with Crippen molar-refractivity contribution in [1.82, 2.24) is 4.90 Å². The van der Waals surface area contributed by atoms with Crippen molar-refractivity contribution in [2.24, 2.45) is 4.99 Å². The van der Waals surface area contributed by atoms with E-state index in [2.05, 4.69) is 4.99 Å². The van der Waals surface area contributed by atoms with Crippen molar-refractivity contribution in [3.8, 4) is 11.8 Å². The minimum atomic E-state index is -0.0767. The monoisotopic (exact) mass is 363 g/mol. The summed E-state index contributed by atoms with van der Waals surface area (Å²) in [5.41, 5.74) is 2.80. The number of carbonyl (C=O) groups is 1. The molecule has 1 aliphatic rings. The summed E-state index contributed by atoms with van der Waals surface area (Å²) in [5.74, 6) is 0.546. The zero-order chi connectivity index (χ0) is 18.5. The zero-order valence-electron chi connectivity index (χ0n) is 14.5. The Morgan fingerprint density at radius 1 is 1.23 bits per heavy atom. The lowest BCUT2D eigenvalue weighted by molar-refractivity contribution is -0.121. The number of hydrogen-bond donors (Lipinski definition) is 0. The van der Waals surface area contributed by atoms with Crippen LogP contribution in [0, 0.1) is 18.3 Å². The zero-order valence-corrected chi connectivity index (χ0v) is 15.3. The lowest BCUT2D eigenvalue weighted by atomic mass is 10.2. The fourth-order valence-corrected chi connectivity index (χ4v) is 3.35. The van der Waals surface area contributed by atoms with E-state index in [4.69, 9.17) is 10.00 Å². The number of para-hydroxylation sites is 1. The number of amides is 1. The predicted octanol–water partition coefficient (Wildman–Crippen LogP) is 4.13. The second-order valence-corrected chi connectivity index (χ2v) is 6.68. The van der Waals surface area contributed by atoms with Crippen molar-refractivity contribution >= 4 is 34.6 Å². The number of likely N-dealkylation sites (N-methyl/N-ethyl adjacent to an activating group) is 1. The smallest absolute Gasteiger partial charge is 0.266 e. The summed E-state index contributed by atoms with van der Waals surface area (Å²) >= 11 is 1.36. The first-order chi connectivity index (χ1) is 12.6. The van der Waals surface area contributed by atoms with Gasteiger partial charge in [0.25, 0.3) is 5.91 Å². The number of aliphatic imine (C=N–C) groups is 1. The van der Waals surface area contributed by atoms with Crippen molar-refractivity contribution < 1.29 is 9.53 Å². The van der Waals surface area contributed by atoms with Crippen LogP contribution in [0.5, 0.6) is 5.75 Å². The van der Waals surface area contributed by atoms with E-state index in [1.165, 1.54) is 11.8 Å². The van der Waals surface area contributed by atoms with Crippen LogP contribution in [0.2, 0.25) is 0 Å². The van der Waals surface area contributed by atoms with E-state index in [1.54, 1.807) is 24.1 Å². The van der Waals surface area contributed by atoms with Gasteiger partial charge in [-0.1, -0.05) is 30.3 Å². The molecule has 0 radical (unpaired) electrons. The Balaban J connectivity index is 1.81. The average Bonchev–Trinajstić information content (AvgIpc) is 2.91. The molecule has 1 aliphatic heterocycles. The van der Waals surface area contributed by atoms with E-state index >= 15 is 0 Å². The van der Waals surface area contributed by atoms with Crippen LogP contribution in [0.1, 0.15) is 11.1 Å². The van der Waals surface area contributed by atoms with Gasteiger partial charge in [-0.3, -0.25) is 9.69 Å². The van der Waals surface area contributed by atoms with Gasteiger partial charge in [-0.15, -0.1) is 0 Å². The van der Waals surface area contributed by atoms with Crippen LogP contribution in [0.15, 0.2) is 58.4 Å². The molecule has 0 atom stereocenters. The third-order valence-electron chi connectivity index (χ3n) is 3.82. The largest absolute Gasteiger partial charge is 0.479 e. The van der Waals surface area contributed by atoms with Crippen molar-refractivity contribution in [2.45, 2.75) is 6.92 Å². The van der Waals surface area contributed by atoms with Crippen LogP contribution >= 0.6 is 11.8 Å². The third kappa shape index (κ3) is 3.95. The third-order valence-corrected chi connectivity index (χ3v) is 4.88. The highest BCUT2D eigenvalue weighted by Gasteiger charge is 2.30. The molecule has 2 aromatic carbocycles. The van der Waals surface area contributed by atoms with Crippen LogP contribution in [0.3, 0.4) is 0 Å². The minimum absolute atomic E-state index is 0.0122. The molecule has 0 unspecified atom stereocenters. The summed E-state index contributed by atoms with van der Waals surface area (Å²) < 4.78 is 5.23. The molecule has 0 aliphatic carbocycles. The molecule has 26 heavy (non-hydrogen) atoms. The predicted molar refractivity (Wildman–Crippen MR) is 104 cm³/mol. The Hall–Kier alpha value is -3.04. The first-order valence-corrected chi connectivity index (χ1v) is 8.82. The number of nitriles is 1. The summed E-state index contributed by atoms with van der Waals surface area (Å²) in [6.07, 6.45) is 1.83. The molecule has 0 saturated carbocycles. The molecule has 1 fully saturated rings. The first kappa shape index (κ1) is 17.8. The molecule has 6 heteroatoms. The van der Waals surface area contributed by atoms with Crippen molar-refractivity contribution in [1.29, 1.82) is 5.26 Å². The maximum atomic E-state index is 12.5. The maximum Gasteiger partial charge on any atom is 0.266 e. The van der Waals surface area contributed by atoms with Gasteiger partial charge in [0, 0.05) is 7.05 Å². The van der Waals surface area contributed by atoms with Gasteiger partial charge in [0.2, 0.25) is 0 Å². The maximum absolute atomic E-state index is 12.5. The molecular weight excluding hydrogens is 346 g/mol. The van der Waals surface area contributed by atoms with Crippen LogP contribution in [0.4, 0.5) is 5.69 Å². The second-order valence-electron chi connectivity index (χ2n) is 5.67. The lowest BCUT2D eigenvalue weighted by Gasteiger charge is -2.08. The van der Waals surface area contributed by atoms with E-state index in [0.717, 1.165) is 16.8 Å². The quantitative estimate of drug-likeness (QED) is 0.766. The second kappa shape index (κ2) is 7.89. The first-order valence-electron chi connectivity index (χ1n) is 8.00. The summed E-state index contributed by atoms with van der Waals surface area (Å²) in [5, 5.41) is 9.19. The Morgan fingerprint density at radius 2 is 1.96 bits per heavy atom. The molecule has 130 valence electrons. The van der Waals surface area contributed by atoms with Crippen LogP contribution < -0.4 is 4.74 Å². The average molecular weight is 363 g/mol. The number of amidine groups is 1. The molecule has 0 bridgehead atoms. The Bertz CT molecular complexity index is 927. The van der Waals surface area contributed by atoms with Gasteiger partial charge < -0.3 is 4.74 Å². The molecular formula is C20H17N3O2S. The number of rotatable bonds is 4. The van der Waals surface area contributed by atoms with Gasteiger partial charge in [-0.2, -0.15) is 5.26 Å². The molecule has 1 heterocycles. The number of aryl methyl sites for hydroxylation is 1. The molecule has 2 aromatic rings. The van der Waals surface area contributed by atoms with Gasteiger partial charge in [-0.05, 0) is 54.1 Å². The molecule has 1 amide bonds. The molecule has 5 nitrogen and oxygen atoms in total. The van der Waals surface area contributed by atoms with Gasteiger partial charge in [0.1, 0.15) is 11.8 Å². The molecule has 3 rings (SSSR count). The van der Waals surface area contributed by atoms with Gasteiger partial charge in [0.05, 0.1) is 10.6 Å². The Labute approximate surface area is 156 Å². The lowest BCUT2D eigenvalue weighted by Crippen LogP contribution is -2.23. The number of ether oxygens (including phenoxy) is 1. The SMILES string of the molecule is Cc1ccccc1N=C1S/C(=C/c2ccc(OCC#N)cc2)C(=O)N1C. The van der Waals surface area contributed by atoms with Crippen LogP contribution in [0.25, 0.3) is 6.08 Å². The fraction of sp³-hybridized carbons (Fsp3) is 0.150. The number of carbonyl (C=O) groups excluding carboxylic acids is 1. The number of hydrogen-bond acceptors (Lipinski definition) is 5. The normalized spacial score (nSPS) is 17.0. The number of benzene rings is 2. The van der Waals surface area contributed by atoms with Gasteiger partial charge in [-0.25, -0.2) is 4.99 Å². The van der Waals surface area contributed by atoms with Gasteiger partial charge in [0.15, 0.2) is 11.8 Å². The van der Waals surface area contributed by atoms with E-state index in [0.29, 0.717) is 15.8 Å². The summed E-state index contributed by atoms with van der Waals surface area (Å²) in [6, 6.07) is 17.0. The summed E-state index contributed by atoms with van der Waals surface area (Å²) in [4.78, 5) is 19.3.